The molecule has 0 amide bonds. The first kappa shape index (κ1) is 13.1. The van der Waals surface area contributed by atoms with Gasteiger partial charge in [0.1, 0.15) is 12.4 Å². The number of nitrogens with zero attached hydrogens (tertiary/aromatic N) is 2. The van der Waals surface area contributed by atoms with Crippen LogP contribution in [0.2, 0.25) is 0 Å². The van der Waals surface area contributed by atoms with E-state index in [4.69, 9.17) is 15.2 Å². The molecule has 3 rings (SSSR count). The van der Waals surface area contributed by atoms with Crippen molar-refractivity contribution in [3.05, 3.63) is 24.5 Å². The quantitative estimate of drug-likeness (QED) is 0.851. The van der Waals surface area contributed by atoms with Gasteiger partial charge in [-0.05, 0) is 32.0 Å². The van der Waals surface area contributed by atoms with Gasteiger partial charge in [-0.25, -0.2) is 9.97 Å². The predicted octanol–water partition coefficient (Wildman–Crippen LogP) is 2.55. The highest BCUT2D eigenvalue weighted by molar-refractivity contribution is 5.85. The van der Waals surface area contributed by atoms with Crippen LogP contribution in [-0.2, 0) is 4.74 Å². The van der Waals surface area contributed by atoms with Crippen molar-refractivity contribution >= 4 is 16.6 Å². The SMILES string of the molecule is CC1CC(Oc2ncnc3cc(N)ccc23)CC(C)O1. The summed E-state index contributed by atoms with van der Waals surface area (Å²) < 4.78 is 11.8. The van der Waals surface area contributed by atoms with Crippen molar-refractivity contribution in [2.24, 2.45) is 0 Å². The fraction of sp³-hybridized carbons (Fsp3) is 0.467. The van der Waals surface area contributed by atoms with E-state index >= 15 is 0 Å². The van der Waals surface area contributed by atoms with Crippen LogP contribution in [0.4, 0.5) is 5.69 Å². The van der Waals surface area contributed by atoms with Gasteiger partial charge in [0.2, 0.25) is 5.88 Å². The predicted molar refractivity (Wildman–Crippen MR) is 77.6 cm³/mol. The minimum absolute atomic E-state index is 0.129. The van der Waals surface area contributed by atoms with Gasteiger partial charge in [-0.1, -0.05) is 0 Å². The number of hydrogen-bond acceptors (Lipinski definition) is 5. The first-order chi connectivity index (χ1) is 9.61. The molecule has 20 heavy (non-hydrogen) atoms. The summed E-state index contributed by atoms with van der Waals surface area (Å²) in [5.41, 5.74) is 7.28. The number of aromatic nitrogens is 2. The van der Waals surface area contributed by atoms with Crippen LogP contribution in [0.15, 0.2) is 24.5 Å². The highest BCUT2D eigenvalue weighted by atomic mass is 16.5. The molecule has 2 N–H and O–H groups in total. The van der Waals surface area contributed by atoms with Crippen LogP contribution in [0.25, 0.3) is 10.9 Å². The Bertz CT molecular complexity index is 607. The van der Waals surface area contributed by atoms with Gasteiger partial charge in [0, 0.05) is 18.5 Å². The monoisotopic (exact) mass is 273 g/mol. The van der Waals surface area contributed by atoms with Crippen LogP contribution in [0.5, 0.6) is 5.88 Å². The normalized spacial score (nSPS) is 26.6. The third-order valence-corrected chi connectivity index (χ3v) is 3.56. The number of fused-ring (bicyclic) bond motifs is 1. The van der Waals surface area contributed by atoms with E-state index in [1.807, 2.05) is 18.2 Å². The average Bonchev–Trinajstić information content (AvgIpc) is 2.37. The minimum Gasteiger partial charge on any atom is -0.474 e. The van der Waals surface area contributed by atoms with Crippen molar-refractivity contribution in [3.63, 3.8) is 0 Å². The highest BCUT2D eigenvalue weighted by Gasteiger charge is 2.26. The molecule has 0 bridgehead atoms. The van der Waals surface area contributed by atoms with Crippen LogP contribution < -0.4 is 10.5 Å². The molecule has 2 atom stereocenters. The summed E-state index contributed by atoms with van der Waals surface area (Å²) in [6.07, 6.45) is 3.84. The zero-order chi connectivity index (χ0) is 14.1. The second-order valence-electron chi connectivity index (χ2n) is 5.42. The molecule has 1 aromatic carbocycles. The number of anilines is 1. The summed E-state index contributed by atoms with van der Waals surface area (Å²) in [4.78, 5) is 8.50. The lowest BCUT2D eigenvalue weighted by Crippen LogP contribution is -2.35. The van der Waals surface area contributed by atoms with Crippen molar-refractivity contribution in [1.29, 1.82) is 0 Å². The third kappa shape index (κ3) is 2.67. The van der Waals surface area contributed by atoms with Gasteiger partial charge in [-0.2, -0.15) is 0 Å². The van der Waals surface area contributed by atoms with Crippen molar-refractivity contribution in [2.75, 3.05) is 5.73 Å². The second-order valence-corrected chi connectivity index (χ2v) is 5.42. The fourth-order valence-electron chi connectivity index (χ4n) is 2.74. The molecule has 0 radical (unpaired) electrons. The molecule has 5 nitrogen and oxygen atoms in total. The zero-order valence-corrected chi connectivity index (χ0v) is 11.7. The topological polar surface area (TPSA) is 70.3 Å². The summed E-state index contributed by atoms with van der Waals surface area (Å²) in [6, 6.07) is 5.58. The van der Waals surface area contributed by atoms with Crippen LogP contribution in [0.1, 0.15) is 26.7 Å². The van der Waals surface area contributed by atoms with Crippen molar-refractivity contribution in [1.82, 2.24) is 9.97 Å². The lowest BCUT2D eigenvalue weighted by atomic mass is 10.0. The van der Waals surface area contributed by atoms with E-state index in [1.165, 1.54) is 6.33 Å². The van der Waals surface area contributed by atoms with Gasteiger partial charge in [-0.3, -0.25) is 0 Å². The summed E-state index contributed by atoms with van der Waals surface area (Å²) >= 11 is 0. The summed E-state index contributed by atoms with van der Waals surface area (Å²) in [7, 11) is 0. The number of rotatable bonds is 2. The van der Waals surface area contributed by atoms with Gasteiger partial charge in [-0.15, -0.1) is 0 Å². The summed E-state index contributed by atoms with van der Waals surface area (Å²) in [5, 5.41) is 0.897. The molecule has 2 unspecified atom stereocenters. The van der Waals surface area contributed by atoms with E-state index in [0.717, 1.165) is 23.7 Å². The maximum Gasteiger partial charge on any atom is 0.224 e. The molecule has 0 aliphatic carbocycles. The molecule has 0 saturated carbocycles. The summed E-state index contributed by atoms with van der Waals surface area (Å²) in [6.45, 7) is 4.15. The smallest absolute Gasteiger partial charge is 0.224 e. The van der Waals surface area contributed by atoms with Crippen molar-refractivity contribution in [2.45, 2.75) is 45.0 Å². The molecule has 1 aromatic heterocycles. The Morgan fingerprint density at radius 3 is 2.70 bits per heavy atom. The molecule has 1 fully saturated rings. The molecule has 1 aliphatic rings. The Hall–Kier alpha value is -1.88. The largest absolute Gasteiger partial charge is 0.474 e. The number of hydrogen-bond donors (Lipinski definition) is 1. The lowest BCUT2D eigenvalue weighted by Gasteiger charge is -2.32. The molecule has 1 aliphatic heterocycles. The van der Waals surface area contributed by atoms with E-state index in [-0.39, 0.29) is 18.3 Å². The molecule has 2 aromatic rings. The van der Waals surface area contributed by atoms with Crippen LogP contribution >= 0.6 is 0 Å². The number of benzene rings is 1. The molecule has 106 valence electrons. The van der Waals surface area contributed by atoms with E-state index in [9.17, 15) is 0 Å². The summed E-state index contributed by atoms with van der Waals surface area (Å²) in [5.74, 6) is 0.626. The standard InChI is InChI=1S/C15H19N3O2/c1-9-5-12(6-10(2)19-9)20-15-13-4-3-11(16)7-14(13)17-8-18-15/h3-4,7-10,12H,5-6,16H2,1-2H3. The van der Waals surface area contributed by atoms with Gasteiger partial charge in [0.15, 0.2) is 0 Å². The molecule has 0 spiro atoms. The first-order valence-corrected chi connectivity index (χ1v) is 6.94. The first-order valence-electron chi connectivity index (χ1n) is 6.94. The van der Waals surface area contributed by atoms with Gasteiger partial charge >= 0.3 is 0 Å². The lowest BCUT2D eigenvalue weighted by molar-refractivity contribution is -0.0726. The van der Waals surface area contributed by atoms with Crippen molar-refractivity contribution < 1.29 is 9.47 Å². The molecular formula is C15H19N3O2. The maximum atomic E-state index is 6.08. The number of nitrogen functional groups attached to an aromatic ring is 1. The van der Waals surface area contributed by atoms with E-state index < -0.39 is 0 Å². The van der Waals surface area contributed by atoms with Gasteiger partial charge < -0.3 is 15.2 Å². The second kappa shape index (κ2) is 5.25. The van der Waals surface area contributed by atoms with E-state index in [0.29, 0.717) is 11.6 Å². The molecular weight excluding hydrogens is 254 g/mol. The maximum absolute atomic E-state index is 6.08. The van der Waals surface area contributed by atoms with Gasteiger partial charge in [0.05, 0.1) is 23.1 Å². The Morgan fingerprint density at radius 2 is 1.95 bits per heavy atom. The Morgan fingerprint density at radius 1 is 1.20 bits per heavy atom. The number of ether oxygens (including phenoxy) is 2. The Kier molecular flexibility index (Phi) is 3.44. The number of nitrogens with two attached hydrogens (primary N) is 1. The van der Waals surface area contributed by atoms with Crippen molar-refractivity contribution in [3.8, 4) is 5.88 Å². The molecule has 1 saturated heterocycles. The highest BCUT2D eigenvalue weighted by Crippen LogP contribution is 2.28. The average molecular weight is 273 g/mol. The molecule has 2 heterocycles. The van der Waals surface area contributed by atoms with Crippen LogP contribution in [-0.4, -0.2) is 28.3 Å². The van der Waals surface area contributed by atoms with E-state index in [2.05, 4.69) is 23.8 Å². The Labute approximate surface area is 118 Å². The zero-order valence-electron chi connectivity index (χ0n) is 11.7. The van der Waals surface area contributed by atoms with Crippen LogP contribution in [0, 0.1) is 0 Å². The minimum atomic E-state index is 0.129. The van der Waals surface area contributed by atoms with E-state index in [1.54, 1.807) is 0 Å². The van der Waals surface area contributed by atoms with Gasteiger partial charge in [0.25, 0.3) is 0 Å². The molecule has 5 heteroatoms. The third-order valence-electron chi connectivity index (χ3n) is 3.56. The Balaban J connectivity index is 1.87. The van der Waals surface area contributed by atoms with Crippen LogP contribution in [0.3, 0.4) is 0 Å². The fourth-order valence-corrected chi connectivity index (χ4v) is 2.74.